The SMILES string of the molecule is COc1cccc(OC)c1-n1c(NS(=O)(=O)[C@@H](CO)Cc2ncn3ccccc23)nnc1-c1ccc(C)o1. The highest BCUT2D eigenvalue weighted by atomic mass is 32.2. The summed E-state index contributed by atoms with van der Waals surface area (Å²) >= 11 is 0. The predicted molar refractivity (Wildman–Crippen MR) is 139 cm³/mol. The van der Waals surface area contributed by atoms with Crippen LogP contribution < -0.4 is 14.2 Å². The zero-order valence-electron chi connectivity index (χ0n) is 20.9. The fourth-order valence-corrected chi connectivity index (χ4v) is 5.31. The smallest absolute Gasteiger partial charge is 0.243 e. The monoisotopic (exact) mass is 538 g/mol. The van der Waals surface area contributed by atoms with Crippen molar-refractivity contribution in [3.8, 4) is 28.8 Å². The summed E-state index contributed by atoms with van der Waals surface area (Å²) in [7, 11) is -1.22. The number of methoxy groups -OCH3 is 2. The van der Waals surface area contributed by atoms with Crippen molar-refractivity contribution in [1.82, 2.24) is 24.1 Å². The molecule has 38 heavy (non-hydrogen) atoms. The quantitative estimate of drug-likeness (QED) is 0.274. The van der Waals surface area contributed by atoms with E-state index in [9.17, 15) is 13.5 Å². The Morgan fingerprint density at radius 2 is 1.82 bits per heavy atom. The van der Waals surface area contributed by atoms with E-state index < -0.39 is 21.9 Å². The molecule has 0 unspecified atom stereocenters. The van der Waals surface area contributed by atoms with Crippen LogP contribution in [-0.2, 0) is 16.4 Å². The van der Waals surface area contributed by atoms with Crippen LogP contribution in [0.15, 0.2) is 65.5 Å². The molecule has 12 nitrogen and oxygen atoms in total. The fourth-order valence-electron chi connectivity index (χ4n) is 4.18. The minimum atomic E-state index is -4.19. The lowest BCUT2D eigenvalue weighted by atomic mass is 10.2. The zero-order chi connectivity index (χ0) is 26.9. The Kier molecular flexibility index (Phi) is 6.78. The second-order valence-electron chi connectivity index (χ2n) is 8.44. The third-order valence-electron chi connectivity index (χ3n) is 6.07. The molecule has 0 spiro atoms. The molecule has 198 valence electrons. The van der Waals surface area contributed by atoms with Crippen LogP contribution in [0.25, 0.3) is 22.8 Å². The fraction of sp³-hybridized carbons (Fsp3) is 0.240. The van der Waals surface area contributed by atoms with E-state index in [1.165, 1.54) is 18.8 Å². The van der Waals surface area contributed by atoms with Crippen molar-refractivity contribution in [1.29, 1.82) is 0 Å². The van der Waals surface area contributed by atoms with Crippen LogP contribution in [0.1, 0.15) is 11.5 Å². The Balaban J connectivity index is 1.59. The first-order valence-electron chi connectivity index (χ1n) is 11.6. The molecule has 2 N–H and O–H groups in total. The lowest BCUT2D eigenvalue weighted by molar-refractivity contribution is 0.289. The van der Waals surface area contributed by atoms with Gasteiger partial charge in [0.15, 0.2) is 5.76 Å². The number of nitrogens with one attached hydrogen (secondary N) is 1. The minimum Gasteiger partial charge on any atom is -0.494 e. The van der Waals surface area contributed by atoms with Gasteiger partial charge in [0.25, 0.3) is 0 Å². The number of benzene rings is 1. The first-order valence-corrected chi connectivity index (χ1v) is 13.2. The van der Waals surface area contributed by atoms with Crippen LogP contribution in [0, 0.1) is 6.92 Å². The number of aromatic nitrogens is 5. The van der Waals surface area contributed by atoms with Crippen LogP contribution in [0.5, 0.6) is 11.5 Å². The Morgan fingerprint density at radius 3 is 2.47 bits per heavy atom. The molecule has 0 aliphatic heterocycles. The molecule has 5 rings (SSSR count). The largest absolute Gasteiger partial charge is 0.494 e. The number of aliphatic hydroxyl groups excluding tert-OH is 1. The number of hydrogen-bond acceptors (Lipinski definition) is 9. The number of ether oxygens (including phenoxy) is 2. The molecular formula is C25H26N6O6S. The molecule has 0 aliphatic carbocycles. The van der Waals surface area contributed by atoms with Gasteiger partial charge in [-0.3, -0.25) is 9.29 Å². The van der Waals surface area contributed by atoms with Gasteiger partial charge in [-0.1, -0.05) is 12.1 Å². The molecule has 1 aromatic carbocycles. The first kappa shape index (κ1) is 25.3. The number of hydrogen-bond donors (Lipinski definition) is 2. The van der Waals surface area contributed by atoms with E-state index in [-0.39, 0.29) is 18.2 Å². The molecule has 0 saturated heterocycles. The van der Waals surface area contributed by atoms with Gasteiger partial charge in [-0.05, 0) is 43.3 Å². The highest BCUT2D eigenvalue weighted by Crippen LogP contribution is 2.38. The van der Waals surface area contributed by atoms with E-state index in [4.69, 9.17) is 13.9 Å². The summed E-state index contributed by atoms with van der Waals surface area (Å²) in [5, 5.41) is 17.2. The van der Waals surface area contributed by atoms with Crippen LogP contribution in [0.2, 0.25) is 0 Å². The summed E-state index contributed by atoms with van der Waals surface area (Å²) in [4.78, 5) is 4.34. The molecule has 4 aromatic heterocycles. The van der Waals surface area contributed by atoms with Gasteiger partial charge in [-0.25, -0.2) is 13.4 Å². The van der Waals surface area contributed by atoms with Crippen LogP contribution in [0.4, 0.5) is 5.95 Å². The molecule has 1 atom stereocenters. The van der Waals surface area contributed by atoms with Crippen molar-refractivity contribution in [2.24, 2.45) is 0 Å². The van der Waals surface area contributed by atoms with E-state index in [0.717, 1.165) is 5.52 Å². The number of imidazole rings is 1. The number of fused-ring (bicyclic) bond motifs is 1. The summed E-state index contributed by atoms with van der Waals surface area (Å²) in [6, 6.07) is 14.1. The number of para-hydroxylation sites is 1. The molecule has 0 amide bonds. The van der Waals surface area contributed by atoms with Gasteiger partial charge in [0.1, 0.15) is 28.2 Å². The average Bonchev–Trinajstić information content (AvgIpc) is 3.64. The summed E-state index contributed by atoms with van der Waals surface area (Å²) in [5.74, 6) is 1.85. The topological polar surface area (TPSA) is 146 Å². The van der Waals surface area contributed by atoms with Crippen molar-refractivity contribution in [2.75, 3.05) is 25.5 Å². The van der Waals surface area contributed by atoms with E-state index in [1.54, 1.807) is 48.0 Å². The minimum absolute atomic E-state index is 0.0251. The highest BCUT2D eigenvalue weighted by Gasteiger charge is 2.31. The highest BCUT2D eigenvalue weighted by molar-refractivity contribution is 7.93. The second-order valence-corrected chi connectivity index (χ2v) is 10.4. The zero-order valence-corrected chi connectivity index (χ0v) is 21.7. The number of nitrogens with zero attached hydrogens (tertiary/aromatic N) is 5. The van der Waals surface area contributed by atoms with E-state index in [0.29, 0.717) is 34.4 Å². The maximum Gasteiger partial charge on any atom is 0.243 e. The molecule has 0 bridgehead atoms. The van der Waals surface area contributed by atoms with Gasteiger partial charge < -0.3 is 23.4 Å². The molecular weight excluding hydrogens is 512 g/mol. The van der Waals surface area contributed by atoms with E-state index >= 15 is 0 Å². The van der Waals surface area contributed by atoms with Crippen LogP contribution in [0.3, 0.4) is 0 Å². The molecule has 5 aromatic rings. The molecule has 0 aliphatic rings. The number of sulfonamides is 1. The number of rotatable bonds is 10. The molecule has 4 heterocycles. The predicted octanol–water partition coefficient (Wildman–Crippen LogP) is 2.85. The van der Waals surface area contributed by atoms with Gasteiger partial charge in [0, 0.05) is 12.6 Å². The Morgan fingerprint density at radius 1 is 1.05 bits per heavy atom. The van der Waals surface area contributed by atoms with E-state index in [1.807, 2.05) is 24.4 Å². The van der Waals surface area contributed by atoms with Gasteiger partial charge in [-0.15, -0.1) is 10.2 Å². The first-order chi connectivity index (χ1) is 18.4. The molecule has 0 fully saturated rings. The normalized spacial score (nSPS) is 12.5. The Hall–Kier alpha value is -4.36. The maximum atomic E-state index is 13.6. The second kappa shape index (κ2) is 10.2. The Bertz CT molecular complexity index is 1670. The summed E-state index contributed by atoms with van der Waals surface area (Å²) in [6.45, 7) is 1.14. The van der Waals surface area contributed by atoms with Crippen molar-refractivity contribution in [3.05, 3.63) is 72.5 Å². The summed E-state index contributed by atoms with van der Waals surface area (Å²) in [5.41, 5.74) is 1.65. The molecule has 0 saturated carbocycles. The third-order valence-corrected chi connectivity index (χ3v) is 7.73. The number of pyridine rings is 1. The van der Waals surface area contributed by atoms with Crippen molar-refractivity contribution >= 4 is 21.5 Å². The molecule has 0 radical (unpaired) electrons. The number of aliphatic hydroxyl groups is 1. The van der Waals surface area contributed by atoms with Gasteiger partial charge >= 0.3 is 0 Å². The van der Waals surface area contributed by atoms with Crippen LogP contribution >= 0.6 is 0 Å². The number of furan rings is 1. The van der Waals surface area contributed by atoms with Crippen molar-refractivity contribution in [2.45, 2.75) is 18.6 Å². The lowest BCUT2D eigenvalue weighted by Crippen LogP contribution is -2.34. The number of aryl methyl sites for hydroxylation is 1. The maximum absolute atomic E-state index is 13.6. The van der Waals surface area contributed by atoms with Crippen molar-refractivity contribution in [3.63, 3.8) is 0 Å². The lowest BCUT2D eigenvalue weighted by Gasteiger charge is -2.19. The van der Waals surface area contributed by atoms with Crippen molar-refractivity contribution < 1.29 is 27.4 Å². The summed E-state index contributed by atoms with van der Waals surface area (Å²) in [6.07, 6.45) is 3.39. The van der Waals surface area contributed by atoms with Gasteiger partial charge in [-0.2, -0.15) is 0 Å². The van der Waals surface area contributed by atoms with Gasteiger partial charge in [0.2, 0.25) is 21.8 Å². The standard InChI is InChI=1S/C25H26N6O6S/c1-16-10-11-22(37-16)24-27-28-25(31(24)23-20(35-2)8-6-9-21(23)36-3)29-38(33,34)17(14-32)13-18-19-7-4-5-12-30(19)15-26-18/h4-12,15,17,32H,13-14H2,1-3H3,(H,28,29)/t17-/m1/s1. The Labute approximate surface area is 218 Å². The third kappa shape index (κ3) is 4.57. The summed E-state index contributed by atoms with van der Waals surface area (Å²) < 4.78 is 49.8. The average molecular weight is 539 g/mol. The van der Waals surface area contributed by atoms with Gasteiger partial charge in [0.05, 0.1) is 38.4 Å². The van der Waals surface area contributed by atoms with Crippen LogP contribution in [-0.4, -0.2) is 63.7 Å². The molecule has 13 heteroatoms. The van der Waals surface area contributed by atoms with E-state index in [2.05, 4.69) is 19.9 Å². The number of anilines is 1.